The maximum Gasteiger partial charge on any atom is 0.257 e. The Balaban J connectivity index is 2.22. The van der Waals surface area contributed by atoms with Crippen molar-refractivity contribution in [2.45, 2.75) is 18.7 Å². The van der Waals surface area contributed by atoms with Gasteiger partial charge in [0.05, 0.1) is 0 Å². The lowest BCUT2D eigenvalue weighted by molar-refractivity contribution is -0.123. The summed E-state index contributed by atoms with van der Waals surface area (Å²) in [5, 5.41) is 2.82. The molecule has 1 N–H and O–H groups in total. The maximum absolute atomic E-state index is 11.5. The van der Waals surface area contributed by atoms with Gasteiger partial charge in [0.15, 0.2) is 6.61 Å². The maximum atomic E-state index is 11.5. The van der Waals surface area contributed by atoms with E-state index in [4.69, 9.17) is 4.74 Å². The summed E-state index contributed by atoms with van der Waals surface area (Å²) in [5.74, 6) is 1.10. The predicted octanol–water partition coefficient (Wildman–Crippen LogP) is 2.60. The van der Waals surface area contributed by atoms with Crippen LogP contribution in [0.4, 0.5) is 0 Å². The summed E-state index contributed by atoms with van der Waals surface area (Å²) < 4.78 is 5.33. The average molecular weight is 300 g/mol. The number of rotatable bonds is 6. The number of carbonyl (C=O) groups excluding carboxylic acids is 1. The molecule has 0 heterocycles. The fraction of sp³-hybridized carbons (Fsp3) is 0.462. The van der Waals surface area contributed by atoms with Gasteiger partial charge in [0.1, 0.15) is 5.75 Å². The summed E-state index contributed by atoms with van der Waals surface area (Å²) in [6.07, 6.45) is 0. The highest BCUT2D eigenvalue weighted by molar-refractivity contribution is 9.09. The average Bonchev–Trinajstić information content (AvgIpc) is 2.34. The number of hydrogen-bond donors (Lipinski definition) is 1. The van der Waals surface area contributed by atoms with Crippen LogP contribution in [0.1, 0.15) is 13.8 Å². The van der Waals surface area contributed by atoms with Crippen LogP contribution in [0.2, 0.25) is 0 Å². The van der Waals surface area contributed by atoms with Crippen molar-refractivity contribution in [2.24, 2.45) is 5.92 Å². The molecule has 0 saturated carbocycles. The first-order chi connectivity index (χ1) is 8.09. The predicted molar refractivity (Wildman–Crippen MR) is 72.5 cm³/mol. The lowest BCUT2D eigenvalue weighted by Gasteiger charge is -2.14. The zero-order chi connectivity index (χ0) is 12.7. The van der Waals surface area contributed by atoms with E-state index < -0.39 is 0 Å². The third-order valence-electron chi connectivity index (χ3n) is 2.33. The van der Waals surface area contributed by atoms with Gasteiger partial charge < -0.3 is 10.1 Å². The van der Waals surface area contributed by atoms with E-state index in [-0.39, 0.29) is 12.5 Å². The third-order valence-corrected chi connectivity index (χ3v) is 3.71. The summed E-state index contributed by atoms with van der Waals surface area (Å²) in [6.45, 7) is 4.88. The molecule has 0 aliphatic heterocycles. The van der Waals surface area contributed by atoms with Crippen molar-refractivity contribution in [1.29, 1.82) is 0 Å². The number of carbonyl (C=O) groups is 1. The first kappa shape index (κ1) is 14.0. The molecule has 1 rings (SSSR count). The van der Waals surface area contributed by atoms with Crippen LogP contribution in [0.5, 0.6) is 5.75 Å². The monoisotopic (exact) mass is 299 g/mol. The molecule has 4 heteroatoms. The van der Waals surface area contributed by atoms with Gasteiger partial charge >= 0.3 is 0 Å². The zero-order valence-corrected chi connectivity index (χ0v) is 11.7. The third kappa shape index (κ3) is 5.73. The largest absolute Gasteiger partial charge is 0.484 e. The molecule has 0 spiro atoms. The van der Waals surface area contributed by atoms with Crippen LogP contribution in [-0.4, -0.2) is 23.9 Å². The normalized spacial score (nSPS) is 12.2. The van der Waals surface area contributed by atoms with Crippen LogP contribution in [0.15, 0.2) is 30.3 Å². The summed E-state index contributed by atoms with van der Waals surface area (Å²) in [7, 11) is 0. The zero-order valence-electron chi connectivity index (χ0n) is 10.2. The van der Waals surface area contributed by atoms with Gasteiger partial charge in [-0.2, -0.15) is 0 Å². The number of para-hydroxylation sites is 1. The Hall–Kier alpha value is -1.03. The van der Waals surface area contributed by atoms with Crippen molar-refractivity contribution >= 4 is 21.8 Å². The van der Waals surface area contributed by atoms with E-state index in [1.54, 1.807) is 0 Å². The van der Waals surface area contributed by atoms with Crippen molar-refractivity contribution in [1.82, 2.24) is 5.32 Å². The number of alkyl halides is 1. The number of halogens is 1. The van der Waals surface area contributed by atoms with Crippen LogP contribution in [-0.2, 0) is 4.79 Å². The number of amides is 1. The first-order valence-electron chi connectivity index (χ1n) is 5.68. The van der Waals surface area contributed by atoms with E-state index in [9.17, 15) is 4.79 Å². The quantitative estimate of drug-likeness (QED) is 0.820. The van der Waals surface area contributed by atoms with Gasteiger partial charge in [0.25, 0.3) is 5.91 Å². The summed E-state index contributed by atoms with van der Waals surface area (Å²) in [4.78, 5) is 11.8. The lowest BCUT2D eigenvalue weighted by Crippen LogP contribution is -2.34. The second kappa shape index (κ2) is 7.33. The number of nitrogens with one attached hydrogen (secondary N) is 1. The van der Waals surface area contributed by atoms with E-state index in [1.165, 1.54) is 0 Å². The molecule has 0 radical (unpaired) electrons. The van der Waals surface area contributed by atoms with E-state index >= 15 is 0 Å². The highest BCUT2D eigenvalue weighted by Crippen LogP contribution is 2.10. The van der Waals surface area contributed by atoms with Crippen molar-refractivity contribution < 1.29 is 9.53 Å². The molecule has 0 aromatic heterocycles. The molecule has 0 saturated heterocycles. The molecule has 94 valence electrons. The molecule has 0 aliphatic carbocycles. The van der Waals surface area contributed by atoms with Gasteiger partial charge in [-0.05, 0) is 18.1 Å². The van der Waals surface area contributed by atoms with Gasteiger partial charge in [0.2, 0.25) is 0 Å². The standard InChI is InChI=1S/C13H18BrNO2/c1-10(2)12(14)8-15-13(16)9-17-11-6-4-3-5-7-11/h3-7,10,12H,8-9H2,1-2H3,(H,15,16). The summed E-state index contributed by atoms with van der Waals surface area (Å²) in [6, 6.07) is 9.31. The first-order valence-corrected chi connectivity index (χ1v) is 6.59. The fourth-order valence-corrected chi connectivity index (χ4v) is 1.33. The topological polar surface area (TPSA) is 38.3 Å². The molecule has 1 atom stereocenters. The second-order valence-corrected chi connectivity index (χ2v) is 5.34. The van der Waals surface area contributed by atoms with E-state index in [1.807, 2.05) is 30.3 Å². The molecule has 3 nitrogen and oxygen atoms in total. The van der Waals surface area contributed by atoms with Gasteiger partial charge in [-0.3, -0.25) is 4.79 Å². The number of hydrogen-bond acceptors (Lipinski definition) is 2. The Morgan fingerprint density at radius 1 is 1.35 bits per heavy atom. The van der Waals surface area contributed by atoms with E-state index in [2.05, 4.69) is 35.1 Å². The Morgan fingerprint density at radius 2 is 2.00 bits per heavy atom. The van der Waals surface area contributed by atoms with Crippen LogP contribution >= 0.6 is 15.9 Å². The van der Waals surface area contributed by atoms with Gasteiger partial charge in [-0.25, -0.2) is 0 Å². The van der Waals surface area contributed by atoms with Gasteiger partial charge in [-0.15, -0.1) is 0 Å². The van der Waals surface area contributed by atoms with Crippen molar-refractivity contribution in [3.05, 3.63) is 30.3 Å². The Kier molecular flexibility index (Phi) is 6.05. The highest BCUT2D eigenvalue weighted by Gasteiger charge is 2.10. The summed E-state index contributed by atoms with van der Waals surface area (Å²) in [5.41, 5.74) is 0. The van der Waals surface area contributed by atoms with Gasteiger partial charge in [-0.1, -0.05) is 48.0 Å². The summed E-state index contributed by atoms with van der Waals surface area (Å²) >= 11 is 3.51. The van der Waals surface area contributed by atoms with Crippen LogP contribution in [0, 0.1) is 5.92 Å². The lowest BCUT2D eigenvalue weighted by atomic mass is 10.1. The van der Waals surface area contributed by atoms with Crippen LogP contribution < -0.4 is 10.1 Å². The molecule has 1 aromatic carbocycles. The molecule has 0 bridgehead atoms. The molecular weight excluding hydrogens is 282 g/mol. The van der Waals surface area contributed by atoms with Crippen LogP contribution in [0.3, 0.4) is 0 Å². The Bertz CT molecular complexity index is 341. The highest BCUT2D eigenvalue weighted by atomic mass is 79.9. The molecule has 0 fully saturated rings. The van der Waals surface area contributed by atoms with Crippen molar-refractivity contribution in [2.75, 3.05) is 13.2 Å². The fourth-order valence-electron chi connectivity index (χ4n) is 1.16. The molecule has 0 aliphatic rings. The molecule has 17 heavy (non-hydrogen) atoms. The second-order valence-electron chi connectivity index (χ2n) is 4.17. The smallest absolute Gasteiger partial charge is 0.257 e. The minimum atomic E-state index is -0.0982. The number of ether oxygens (including phenoxy) is 1. The molecule has 1 unspecified atom stereocenters. The van der Waals surface area contributed by atoms with Crippen molar-refractivity contribution in [3.63, 3.8) is 0 Å². The van der Waals surface area contributed by atoms with Gasteiger partial charge in [0, 0.05) is 11.4 Å². The minimum absolute atomic E-state index is 0.0574. The van der Waals surface area contributed by atoms with Crippen LogP contribution in [0.25, 0.3) is 0 Å². The minimum Gasteiger partial charge on any atom is -0.484 e. The molecule has 1 amide bonds. The SMILES string of the molecule is CC(C)C(Br)CNC(=O)COc1ccccc1. The molecule has 1 aromatic rings. The molecular formula is C13H18BrNO2. The number of benzene rings is 1. The Morgan fingerprint density at radius 3 is 2.59 bits per heavy atom. The van der Waals surface area contributed by atoms with E-state index in [0.717, 1.165) is 0 Å². The Labute approximate surface area is 111 Å². The van der Waals surface area contributed by atoms with E-state index in [0.29, 0.717) is 23.0 Å². The van der Waals surface area contributed by atoms with Crippen molar-refractivity contribution in [3.8, 4) is 5.75 Å².